The number of carbonyl (C=O) groups excluding carboxylic acids is 1. The molecule has 4 rings (SSSR count). The van der Waals surface area contributed by atoms with Crippen molar-refractivity contribution in [3.05, 3.63) is 102 Å². The minimum Gasteiger partial charge on any atom is -0.497 e. The number of hydrogen-bond donors (Lipinski definition) is 0. The van der Waals surface area contributed by atoms with Crippen LogP contribution in [0.5, 0.6) is 5.75 Å². The van der Waals surface area contributed by atoms with Crippen LogP contribution in [0, 0.1) is 0 Å². The number of carbonyl (C=O) groups is 1. The zero-order valence-electron chi connectivity index (χ0n) is 15.6. The predicted molar refractivity (Wildman–Crippen MR) is 112 cm³/mol. The molecule has 0 aliphatic carbocycles. The molecule has 28 heavy (non-hydrogen) atoms. The molecule has 0 saturated heterocycles. The Bertz CT molecular complexity index is 1130. The van der Waals surface area contributed by atoms with Crippen LogP contribution in [0.1, 0.15) is 21.7 Å². The number of hydrogen-bond acceptors (Lipinski definition) is 3. The number of para-hydroxylation sites is 2. The molecule has 0 radical (unpaired) electrons. The monoisotopic (exact) mass is 368 g/mol. The van der Waals surface area contributed by atoms with Crippen LogP contribution in [0.15, 0.2) is 84.9 Å². The highest BCUT2D eigenvalue weighted by Gasteiger charge is 2.10. The van der Waals surface area contributed by atoms with Gasteiger partial charge in [-0.1, -0.05) is 42.5 Å². The second-order valence-corrected chi connectivity index (χ2v) is 6.46. The first-order chi connectivity index (χ1) is 13.7. The second-order valence-electron chi connectivity index (χ2n) is 6.46. The van der Waals surface area contributed by atoms with E-state index in [2.05, 4.69) is 16.7 Å². The number of ketones is 1. The van der Waals surface area contributed by atoms with Crippen LogP contribution in [0.25, 0.3) is 17.1 Å². The number of fused-ring (bicyclic) bond motifs is 1. The van der Waals surface area contributed by atoms with E-state index in [9.17, 15) is 4.79 Å². The molecule has 4 aromatic rings. The fourth-order valence-corrected chi connectivity index (χ4v) is 3.16. The topological polar surface area (TPSA) is 44.1 Å². The lowest BCUT2D eigenvalue weighted by Crippen LogP contribution is -2.02. The molecule has 0 unspecified atom stereocenters. The van der Waals surface area contributed by atoms with E-state index in [0.717, 1.165) is 22.6 Å². The number of nitrogens with zero attached hydrogens (tertiary/aromatic N) is 2. The van der Waals surface area contributed by atoms with Gasteiger partial charge >= 0.3 is 0 Å². The SMILES string of the molecule is COc1ccc(C(=O)/C=C\c2nc3ccccc3n2Cc2ccccc2)cc1. The number of benzene rings is 3. The molecule has 0 spiro atoms. The molecule has 0 atom stereocenters. The maximum Gasteiger partial charge on any atom is 0.185 e. The van der Waals surface area contributed by atoms with E-state index in [4.69, 9.17) is 9.72 Å². The molecule has 0 bridgehead atoms. The Morgan fingerprint density at radius 2 is 1.68 bits per heavy atom. The van der Waals surface area contributed by atoms with Crippen LogP contribution in [-0.2, 0) is 6.54 Å². The summed E-state index contributed by atoms with van der Waals surface area (Å²) < 4.78 is 7.27. The van der Waals surface area contributed by atoms with E-state index in [1.54, 1.807) is 43.5 Å². The lowest BCUT2D eigenvalue weighted by Gasteiger charge is -2.07. The van der Waals surface area contributed by atoms with Gasteiger partial charge in [0.2, 0.25) is 0 Å². The van der Waals surface area contributed by atoms with Gasteiger partial charge in [0, 0.05) is 12.1 Å². The lowest BCUT2D eigenvalue weighted by molar-refractivity contribution is 0.104. The number of imidazole rings is 1. The number of rotatable bonds is 6. The fourth-order valence-electron chi connectivity index (χ4n) is 3.16. The van der Waals surface area contributed by atoms with Crippen LogP contribution >= 0.6 is 0 Å². The molecular formula is C24H20N2O2. The third kappa shape index (κ3) is 3.71. The van der Waals surface area contributed by atoms with Crippen molar-refractivity contribution in [1.82, 2.24) is 9.55 Å². The highest BCUT2D eigenvalue weighted by molar-refractivity contribution is 6.06. The van der Waals surface area contributed by atoms with Gasteiger partial charge in [-0.3, -0.25) is 4.79 Å². The highest BCUT2D eigenvalue weighted by atomic mass is 16.5. The molecule has 0 aliphatic rings. The molecule has 4 nitrogen and oxygen atoms in total. The van der Waals surface area contributed by atoms with Crippen molar-refractivity contribution >= 4 is 22.9 Å². The van der Waals surface area contributed by atoms with Gasteiger partial charge in [0.15, 0.2) is 5.78 Å². The van der Waals surface area contributed by atoms with Gasteiger partial charge in [-0.15, -0.1) is 0 Å². The molecule has 3 aromatic carbocycles. The van der Waals surface area contributed by atoms with Crippen molar-refractivity contribution in [3.63, 3.8) is 0 Å². The van der Waals surface area contributed by atoms with Gasteiger partial charge in [-0.05, 0) is 54.1 Å². The third-order valence-corrected chi connectivity index (χ3v) is 4.63. The summed E-state index contributed by atoms with van der Waals surface area (Å²) in [6, 6.07) is 25.3. The maximum atomic E-state index is 12.5. The maximum absolute atomic E-state index is 12.5. The normalized spacial score (nSPS) is 11.2. The molecule has 0 saturated carbocycles. The van der Waals surface area contributed by atoms with Gasteiger partial charge < -0.3 is 9.30 Å². The average Bonchev–Trinajstić information content (AvgIpc) is 3.10. The molecule has 1 aromatic heterocycles. The van der Waals surface area contributed by atoms with Crippen molar-refractivity contribution in [3.8, 4) is 5.75 Å². The summed E-state index contributed by atoms with van der Waals surface area (Å²) in [5, 5.41) is 0. The molecule has 0 aliphatic heterocycles. The summed E-state index contributed by atoms with van der Waals surface area (Å²) in [4.78, 5) is 17.2. The Balaban J connectivity index is 1.66. The predicted octanol–water partition coefficient (Wildman–Crippen LogP) is 4.99. The third-order valence-electron chi connectivity index (χ3n) is 4.63. The summed E-state index contributed by atoms with van der Waals surface area (Å²) in [6.07, 6.45) is 3.36. The summed E-state index contributed by atoms with van der Waals surface area (Å²) in [7, 11) is 1.61. The van der Waals surface area contributed by atoms with Crippen molar-refractivity contribution in [1.29, 1.82) is 0 Å². The number of allylic oxidation sites excluding steroid dienone is 1. The van der Waals surface area contributed by atoms with Gasteiger partial charge in [0.05, 0.1) is 18.1 Å². The molecule has 1 heterocycles. The Morgan fingerprint density at radius 1 is 0.964 bits per heavy atom. The Kier molecular flexibility index (Phi) is 5.02. The van der Waals surface area contributed by atoms with Crippen LogP contribution in [-0.4, -0.2) is 22.4 Å². The van der Waals surface area contributed by atoms with Gasteiger partial charge in [-0.25, -0.2) is 4.98 Å². The fraction of sp³-hybridized carbons (Fsp3) is 0.0833. The number of ether oxygens (including phenoxy) is 1. The van der Waals surface area contributed by atoms with E-state index in [1.165, 1.54) is 5.56 Å². The van der Waals surface area contributed by atoms with Crippen LogP contribution in [0.3, 0.4) is 0 Å². The quantitative estimate of drug-likeness (QED) is 0.356. The largest absolute Gasteiger partial charge is 0.497 e. The lowest BCUT2D eigenvalue weighted by atomic mass is 10.1. The molecular weight excluding hydrogens is 348 g/mol. The molecule has 4 heteroatoms. The van der Waals surface area contributed by atoms with E-state index in [-0.39, 0.29) is 5.78 Å². The summed E-state index contributed by atoms with van der Waals surface area (Å²) in [6.45, 7) is 0.692. The minimum atomic E-state index is -0.0685. The van der Waals surface area contributed by atoms with Gasteiger partial charge in [0.1, 0.15) is 11.6 Å². The van der Waals surface area contributed by atoms with Crippen molar-refractivity contribution < 1.29 is 9.53 Å². The van der Waals surface area contributed by atoms with Crippen LogP contribution < -0.4 is 4.74 Å². The first-order valence-electron chi connectivity index (χ1n) is 9.10. The Labute approximate surface area is 163 Å². The zero-order valence-corrected chi connectivity index (χ0v) is 15.6. The average molecular weight is 368 g/mol. The van der Waals surface area contributed by atoms with Gasteiger partial charge in [-0.2, -0.15) is 0 Å². The standard InChI is InChI=1S/C24H20N2O2/c1-28-20-13-11-19(12-14-20)23(27)15-16-24-25-21-9-5-6-10-22(21)26(24)17-18-7-3-2-4-8-18/h2-16H,17H2,1H3/b16-15-. The van der Waals surface area contributed by atoms with Crippen molar-refractivity contribution in [2.24, 2.45) is 0 Å². The highest BCUT2D eigenvalue weighted by Crippen LogP contribution is 2.19. The second kappa shape index (κ2) is 7.92. The summed E-state index contributed by atoms with van der Waals surface area (Å²) in [5.41, 5.74) is 3.75. The summed E-state index contributed by atoms with van der Waals surface area (Å²) in [5.74, 6) is 1.41. The molecule has 0 amide bonds. The van der Waals surface area contributed by atoms with Gasteiger partial charge in [0.25, 0.3) is 0 Å². The molecule has 0 N–H and O–H groups in total. The van der Waals surface area contributed by atoms with Crippen molar-refractivity contribution in [2.75, 3.05) is 7.11 Å². The number of aromatic nitrogens is 2. The smallest absolute Gasteiger partial charge is 0.185 e. The molecule has 0 fully saturated rings. The minimum absolute atomic E-state index is 0.0685. The van der Waals surface area contributed by atoms with Crippen LogP contribution in [0.4, 0.5) is 0 Å². The Morgan fingerprint density at radius 3 is 2.43 bits per heavy atom. The van der Waals surface area contributed by atoms with Crippen molar-refractivity contribution in [2.45, 2.75) is 6.54 Å². The molecule has 138 valence electrons. The Hall–Kier alpha value is -3.66. The summed E-state index contributed by atoms with van der Waals surface area (Å²) >= 11 is 0. The first kappa shape index (κ1) is 17.7. The first-order valence-corrected chi connectivity index (χ1v) is 9.10. The number of methoxy groups -OCH3 is 1. The zero-order chi connectivity index (χ0) is 19.3. The van der Waals surface area contributed by atoms with Crippen LogP contribution in [0.2, 0.25) is 0 Å². The van der Waals surface area contributed by atoms with E-state index < -0.39 is 0 Å². The van der Waals surface area contributed by atoms with E-state index in [1.807, 2.05) is 42.5 Å². The van der Waals surface area contributed by atoms with E-state index in [0.29, 0.717) is 12.1 Å². The van der Waals surface area contributed by atoms with E-state index >= 15 is 0 Å².